The molecule has 0 saturated carbocycles. The van der Waals surface area contributed by atoms with Gasteiger partial charge >= 0.3 is 5.97 Å². The van der Waals surface area contributed by atoms with Crippen LogP contribution in [0.2, 0.25) is 0 Å². The molecule has 4 aliphatic rings. The summed E-state index contributed by atoms with van der Waals surface area (Å²) >= 11 is 0. The molecule has 4 heterocycles. The first-order valence-corrected chi connectivity index (χ1v) is 12.7. The van der Waals surface area contributed by atoms with Crippen LogP contribution in [0.3, 0.4) is 0 Å². The Hall–Kier alpha value is -2.22. The van der Waals surface area contributed by atoms with Crippen molar-refractivity contribution in [1.29, 1.82) is 0 Å². The van der Waals surface area contributed by atoms with E-state index >= 15 is 0 Å². The number of piperidine rings is 4. The van der Waals surface area contributed by atoms with Crippen LogP contribution >= 0.6 is 0 Å². The predicted octanol–water partition coefficient (Wildman–Crippen LogP) is 0.958. The summed E-state index contributed by atoms with van der Waals surface area (Å²) < 4.78 is 6.97. The number of likely N-dealkylation sites (tertiary alicyclic amines) is 1. The Balaban J connectivity index is 0.00000289. The van der Waals surface area contributed by atoms with Crippen LogP contribution in [-0.4, -0.2) is 71.6 Å². The van der Waals surface area contributed by atoms with Gasteiger partial charge in [0.05, 0.1) is 13.1 Å². The zero-order valence-corrected chi connectivity index (χ0v) is 21.7. The molecule has 2 aromatic carbocycles. The van der Waals surface area contributed by atoms with Gasteiger partial charge in [-0.2, -0.15) is 0 Å². The number of hydrogen-bond acceptors (Lipinski definition) is 5. The lowest BCUT2D eigenvalue weighted by Gasteiger charge is -2.51. The molecule has 1 N–H and O–H groups in total. The number of Topliss-reactive ketones (excluding diaryl/α,β-unsaturated/α-hetero) is 1. The molecule has 2 aromatic rings. The third-order valence-electron chi connectivity index (χ3n) is 8.07. The second kappa shape index (κ2) is 11.2. The second-order valence-corrected chi connectivity index (χ2v) is 10.3. The van der Waals surface area contributed by atoms with Crippen LogP contribution in [0.4, 0.5) is 0 Å². The summed E-state index contributed by atoms with van der Waals surface area (Å²) in [5.41, 5.74) is 1.63. The number of quaternary nitrogens is 1. The van der Waals surface area contributed by atoms with Crippen molar-refractivity contribution in [3.8, 4) is 5.75 Å². The van der Waals surface area contributed by atoms with Crippen LogP contribution in [0.1, 0.15) is 54.1 Å². The molecule has 4 aliphatic heterocycles. The number of esters is 1. The minimum Gasteiger partial charge on any atom is -1.00 e. The van der Waals surface area contributed by atoms with Crippen LogP contribution in [0, 0.1) is 5.92 Å². The maximum Gasteiger partial charge on any atom is 0.328 e. The molecule has 6 nitrogen and oxygen atoms in total. The Morgan fingerprint density at radius 2 is 1.63 bits per heavy atom. The molecular weight excluding hydrogens is 508 g/mol. The summed E-state index contributed by atoms with van der Waals surface area (Å²) in [5.74, 6) is 0.484. The van der Waals surface area contributed by atoms with Crippen molar-refractivity contribution in [2.24, 2.45) is 5.92 Å². The molecule has 4 saturated heterocycles. The number of aromatic hydroxyl groups is 1. The highest BCUT2D eigenvalue weighted by atomic mass is 79.9. The number of fused-ring (bicyclic) bond motifs is 3. The second-order valence-electron chi connectivity index (χ2n) is 10.3. The van der Waals surface area contributed by atoms with E-state index in [0.29, 0.717) is 29.1 Å². The van der Waals surface area contributed by atoms with Crippen molar-refractivity contribution in [3.05, 3.63) is 65.7 Å². The van der Waals surface area contributed by atoms with Gasteiger partial charge in [-0.1, -0.05) is 36.8 Å². The number of carbonyl (C=O) groups excluding carboxylic acids is 2. The SMILES string of the molecule is O=C(C[N+]12CCC(CC1)[C@@H](OC(=O)[C@H](c1ccccc1)N1CCCCC1)C2)c1ccc(O)cc1.[Br-]. The van der Waals surface area contributed by atoms with Crippen molar-refractivity contribution in [2.75, 3.05) is 39.3 Å². The lowest BCUT2D eigenvalue weighted by atomic mass is 9.82. The smallest absolute Gasteiger partial charge is 0.328 e. The summed E-state index contributed by atoms with van der Waals surface area (Å²) in [5, 5.41) is 9.54. The first kappa shape index (κ1) is 25.9. The fourth-order valence-corrected chi connectivity index (χ4v) is 6.14. The standard InChI is InChI=1S/C28H34N2O4.BrH/c31-24-11-9-21(10-12-24)25(32)19-30-17-13-22(14-18-30)26(20-30)34-28(33)27(23-7-3-1-4-8-23)29-15-5-2-6-16-29;/h1,3-4,7-12,22,26-27H,2,5-6,13-20H2;1H/t22?,26-,27-,30?;/m0./s1. The highest BCUT2D eigenvalue weighted by Crippen LogP contribution is 2.37. The minimum atomic E-state index is -0.357. The molecule has 35 heavy (non-hydrogen) atoms. The van der Waals surface area contributed by atoms with Gasteiger partial charge in [-0.05, 0) is 55.8 Å². The third kappa shape index (κ3) is 5.79. The summed E-state index contributed by atoms with van der Waals surface area (Å²) in [4.78, 5) is 28.9. The van der Waals surface area contributed by atoms with E-state index in [9.17, 15) is 14.7 Å². The Kier molecular flexibility index (Phi) is 8.30. The monoisotopic (exact) mass is 542 g/mol. The van der Waals surface area contributed by atoms with Gasteiger partial charge in [0.1, 0.15) is 24.9 Å². The number of ketones is 1. The summed E-state index contributed by atoms with van der Waals surface area (Å²) in [6.45, 7) is 4.88. The summed E-state index contributed by atoms with van der Waals surface area (Å²) in [6.07, 6.45) is 5.27. The van der Waals surface area contributed by atoms with E-state index < -0.39 is 0 Å². The van der Waals surface area contributed by atoms with Crippen LogP contribution in [0.25, 0.3) is 0 Å². The van der Waals surface area contributed by atoms with E-state index in [-0.39, 0.29) is 46.6 Å². The molecule has 6 rings (SSSR count). The highest BCUT2D eigenvalue weighted by molar-refractivity contribution is 5.97. The average Bonchev–Trinajstić information content (AvgIpc) is 2.86. The van der Waals surface area contributed by atoms with Crippen molar-refractivity contribution in [2.45, 2.75) is 44.2 Å². The number of benzene rings is 2. The number of hydrogen-bond donors (Lipinski definition) is 1. The van der Waals surface area contributed by atoms with E-state index in [2.05, 4.69) is 4.90 Å². The maximum atomic E-state index is 13.6. The number of halogens is 1. The van der Waals surface area contributed by atoms with Crippen molar-refractivity contribution in [1.82, 2.24) is 4.90 Å². The highest BCUT2D eigenvalue weighted by Gasteiger charge is 2.49. The zero-order valence-electron chi connectivity index (χ0n) is 20.2. The number of ether oxygens (including phenoxy) is 1. The summed E-state index contributed by atoms with van der Waals surface area (Å²) in [6, 6.07) is 16.2. The fraction of sp³-hybridized carbons (Fsp3) is 0.500. The van der Waals surface area contributed by atoms with E-state index in [0.717, 1.165) is 57.4 Å². The first-order valence-electron chi connectivity index (χ1n) is 12.7. The average molecular weight is 544 g/mol. The first-order chi connectivity index (χ1) is 16.5. The quantitative estimate of drug-likeness (QED) is 0.320. The van der Waals surface area contributed by atoms with E-state index in [1.54, 1.807) is 24.3 Å². The molecule has 2 bridgehead atoms. The van der Waals surface area contributed by atoms with Gasteiger partial charge in [0, 0.05) is 24.3 Å². The number of rotatable bonds is 7. The minimum absolute atomic E-state index is 0. The van der Waals surface area contributed by atoms with Crippen molar-refractivity contribution >= 4 is 11.8 Å². The van der Waals surface area contributed by atoms with Crippen molar-refractivity contribution in [3.63, 3.8) is 0 Å². The fourth-order valence-electron chi connectivity index (χ4n) is 6.14. The van der Waals surface area contributed by atoms with E-state index in [1.807, 2.05) is 30.3 Å². The van der Waals surface area contributed by atoms with E-state index in [4.69, 9.17) is 4.74 Å². The van der Waals surface area contributed by atoms with Gasteiger partial charge in [-0.3, -0.25) is 9.69 Å². The van der Waals surface area contributed by atoms with Gasteiger partial charge in [0.2, 0.25) is 5.78 Å². The number of phenolic OH excluding ortho intramolecular Hbond substituents is 1. The normalized spacial score (nSPS) is 27.0. The van der Waals surface area contributed by atoms with Crippen LogP contribution in [0.5, 0.6) is 5.75 Å². The lowest BCUT2D eigenvalue weighted by Crippen LogP contribution is -3.00. The third-order valence-corrected chi connectivity index (χ3v) is 8.07. The van der Waals surface area contributed by atoms with Gasteiger partial charge < -0.3 is 31.3 Å². The molecule has 0 spiro atoms. The molecule has 4 fully saturated rings. The van der Waals surface area contributed by atoms with Crippen molar-refractivity contribution < 1.29 is 40.9 Å². The Morgan fingerprint density at radius 1 is 0.971 bits per heavy atom. The Labute approximate surface area is 218 Å². The molecule has 7 heteroatoms. The lowest BCUT2D eigenvalue weighted by molar-refractivity contribution is -0.938. The van der Waals surface area contributed by atoms with Gasteiger partial charge in [-0.15, -0.1) is 0 Å². The van der Waals surface area contributed by atoms with Gasteiger partial charge in [0.15, 0.2) is 6.10 Å². The molecule has 2 atom stereocenters. The summed E-state index contributed by atoms with van der Waals surface area (Å²) in [7, 11) is 0. The van der Waals surface area contributed by atoms with E-state index in [1.165, 1.54) is 6.42 Å². The maximum absolute atomic E-state index is 13.6. The van der Waals surface area contributed by atoms with Crippen LogP contribution in [-0.2, 0) is 9.53 Å². The van der Waals surface area contributed by atoms with Gasteiger partial charge in [0.25, 0.3) is 0 Å². The number of phenols is 1. The molecular formula is C28H35BrN2O4. The molecule has 0 aliphatic carbocycles. The van der Waals surface area contributed by atoms with Crippen LogP contribution in [0.15, 0.2) is 54.6 Å². The molecule has 0 amide bonds. The molecule has 0 unspecified atom stereocenters. The Bertz CT molecular complexity index is 999. The number of nitrogens with zero attached hydrogens (tertiary/aromatic N) is 2. The van der Waals surface area contributed by atoms with Gasteiger partial charge in [-0.25, -0.2) is 4.79 Å². The topological polar surface area (TPSA) is 66.8 Å². The zero-order chi connectivity index (χ0) is 23.5. The number of carbonyl (C=O) groups is 2. The molecule has 0 aromatic heterocycles. The molecule has 188 valence electrons. The largest absolute Gasteiger partial charge is 1.00 e. The van der Waals surface area contributed by atoms with Crippen LogP contribution < -0.4 is 17.0 Å². The Morgan fingerprint density at radius 3 is 2.29 bits per heavy atom. The molecule has 0 radical (unpaired) electrons. The predicted molar refractivity (Wildman–Crippen MR) is 129 cm³/mol.